The van der Waals surface area contributed by atoms with Crippen molar-refractivity contribution in [1.82, 2.24) is 0 Å². The number of hydrogen-bond donors (Lipinski definition) is 1. The highest BCUT2D eigenvalue weighted by Gasteiger charge is 2.15. The van der Waals surface area contributed by atoms with Gasteiger partial charge in [-0.3, -0.25) is 14.9 Å². The number of aryl methyl sites for hydroxylation is 2. The predicted octanol–water partition coefficient (Wildman–Crippen LogP) is 5.24. The second-order valence-electron chi connectivity index (χ2n) is 6.57. The highest BCUT2D eigenvalue weighted by molar-refractivity contribution is 6.02. The molecule has 0 saturated carbocycles. The Morgan fingerprint density at radius 1 is 1.10 bits per heavy atom. The second-order valence-corrected chi connectivity index (χ2v) is 6.57. The van der Waals surface area contributed by atoms with E-state index in [9.17, 15) is 23.7 Å². The predicted molar refractivity (Wildman–Crippen MR) is 107 cm³/mol. The molecule has 0 fully saturated rings. The molecular formula is C21H18F2N2O6. The highest BCUT2D eigenvalue weighted by atomic mass is 19.3. The van der Waals surface area contributed by atoms with Crippen LogP contribution in [0.1, 0.15) is 27.4 Å². The number of hydrogen-bond acceptors (Lipinski definition) is 6. The fourth-order valence-corrected chi connectivity index (χ4v) is 2.79. The molecule has 0 spiro atoms. The third kappa shape index (κ3) is 5.56. The highest BCUT2D eigenvalue weighted by Crippen LogP contribution is 2.25. The Bertz CT molecular complexity index is 1110. The van der Waals surface area contributed by atoms with Crippen LogP contribution in [0.25, 0.3) is 0 Å². The molecule has 0 radical (unpaired) electrons. The molecule has 0 bridgehead atoms. The third-order valence-electron chi connectivity index (χ3n) is 4.30. The van der Waals surface area contributed by atoms with Crippen LogP contribution >= 0.6 is 0 Å². The quantitative estimate of drug-likeness (QED) is 0.386. The number of nitrogens with one attached hydrogen (secondary N) is 1. The van der Waals surface area contributed by atoms with E-state index in [0.29, 0.717) is 28.3 Å². The number of nitrogens with zero attached hydrogens (tertiary/aromatic N) is 1. The maximum atomic E-state index is 12.4. The third-order valence-corrected chi connectivity index (χ3v) is 4.30. The number of alkyl halides is 2. The van der Waals surface area contributed by atoms with Gasteiger partial charge in [-0.1, -0.05) is 0 Å². The zero-order valence-corrected chi connectivity index (χ0v) is 16.6. The van der Waals surface area contributed by atoms with E-state index < -0.39 is 17.4 Å². The maximum absolute atomic E-state index is 12.4. The van der Waals surface area contributed by atoms with Crippen LogP contribution in [0.5, 0.6) is 11.5 Å². The monoisotopic (exact) mass is 432 g/mol. The molecule has 0 atom stereocenters. The molecule has 8 nitrogen and oxygen atoms in total. The summed E-state index contributed by atoms with van der Waals surface area (Å²) >= 11 is 0. The summed E-state index contributed by atoms with van der Waals surface area (Å²) in [5.41, 5.74) is 1.41. The van der Waals surface area contributed by atoms with Crippen molar-refractivity contribution in [3.8, 4) is 11.5 Å². The first-order valence-corrected chi connectivity index (χ1v) is 9.06. The maximum Gasteiger partial charge on any atom is 0.387 e. The zero-order valence-electron chi connectivity index (χ0n) is 16.6. The topological polar surface area (TPSA) is 104 Å². The SMILES string of the molecule is Cc1cc(OC(F)F)ccc1NC(=O)c1ccc(COc2ccc([N+](=O)[O-])c(C)c2)o1. The van der Waals surface area contributed by atoms with E-state index in [4.69, 9.17) is 9.15 Å². The molecule has 0 aliphatic rings. The number of ether oxygens (including phenoxy) is 2. The number of nitro benzene ring substituents is 1. The average molecular weight is 432 g/mol. The van der Waals surface area contributed by atoms with Gasteiger partial charge in [-0.2, -0.15) is 8.78 Å². The molecule has 1 aromatic heterocycles. The number of furan rings is 1. The minimum Gasteiger partial charge on any atom is -0.486 e. The molecule has 0 saturated heterocycles. The number of carbonyl (C=O) groups is 1. The van der Waals surface area contributed by atoms with Crippen molar-refractivity contribution < 1.29 is 32.4 Å². The Morgan fingerprint density at radius 3 is 2.45 bits per heavy atom. The molecule has 2 aromatic carbocycles. The summed E-state index contributed by atoms with van der Waals surface area (Å²) in [7, 11) is 0. The Hall–Kier alpha value is -3.95. The lowest BCUT2D eigenvalue weighted by molar-refractivity contribution is -0.385. The van der Waals surface area contributed by atoms with E-state index >= 15 is 0 Å². The smallest absolute Gasteiger partial charge is 0.387 e. The minimum atomic E-state index is -2.93. The zero-order chi connectivity index (χ0) is 22.5. The van der Waals surface area contributed by atoms with Crippen molar-refractivity contribution in [2.24, 2.45) is 0 Å². The largest absolute Gasteiger partial charge is 0.486 e. The van der Waals surface area contributed by atoms with Gasteiger partial charge in [0.2, 0.25) is 0 Å². The Labute approximate surface area is 175 Å². The van der Waals surface area contributed by atoms with Gasteiger partial charge < -0.3 is 19.2 Å². The standard InChI is InChI=1S/C21H18F2N2O6/c1-12-9-15(31-21(22)23)3-6-17(12)24-20(26)19-8-5-16(30-19)11-29-14-4-7-18(25(27)28)13(2)10-14/h3-10,21H,11H2,1-2H3,(H,24,26). The van der Waals surface area contributed by atoms with E-state index in [1.54, 1.807) is 26.0 Å². The molecule has 1 heterocycles. The lowest BCUT2D eigenvalue weighted by Gasteiger charge is -2.10. The fourth-order valence-electron chi connectivity index (χ4n) is 2.79. The average Bonchev–Trinajstić information content (AvgIpc) is 3.17. The van der Waals surface area contributed by atoms with Crippen LogP contribution in [0.15, 0.2) is 52.9 Å². The molecule has 31 heavy (non-hydrogen) atoms. The first-order chi connectivity index (χ1) is 14.7. The first kappa shape index (κ1) is 21.8. The van der Waals surface area contributed by atoms with Crippen molar-refractivity contribution in [3.05, 3.63) is 81.3 Å². The van der Waals surface area contributed by atoms with Gasteiger partial charge in [0, 0.05) is 17.3 Å². The number of halogens is 2. The van der Waals surface area contributed by atoms with Crippen LogP contribution in [0.4, 0.5) is 20.2 Å². The normalized spacial score (nSPS) is 10.7. The summed E-state index contributed by atoms with van der Waals surface area (Å²) in [6, 6.07) is 11.6. The Balaban J connectivity index is 1.61. The van der Waals surface area contributed by atoms with Crippen LogP contribution in [0, 0.1) is 24.0 Å². The van der Waals surface area contributed by atoms with Gasteiger partial charge in [0.1, 0.15) is 23.9 Å². The summed E-state index contributed by atoms with van der Waals surface area (Å²) in [4.78, 5) is 22.8. The molecule has 0 unspecified atom stereocenters. The molecule has 1 amide bonds. The van der Waals surface area contributed by atoms with Crippen molar-refractivity contribution in [3.63, 3.8) is 0 Å². The summed E-state index contributed by atoms with van der Waals surface area (Å²) in [6.07, 6.45) is 0. The van der Waals surface area contributed by atoms with Gasteiger partial charge in [0.15, 0.2) is 5.76 Å². The number of nitro groups is 1. The Kier molecular flexibility index (Phi) is 6.49. The van der Waals surface area contributed by atoms with E-state index in [-0.39, 0.29) is 23.8 Å². The van der Waals surface area contributed by atoms with Crippen LogP contribution in [0.3, 0.4) is 0 Å². The summed E-state index contributed by atoms with van der Waals surface area (Å²) in [6.45, 7) is 0.331. The number of anilines is 1. The van der Waals surface area contributed by atoms with Gasteiger partial charge in [0.25, 0.3) is 11.6 Å². The second kappa shape index (κ2) is 9.24. The van der Waals surface area contributed by atoms with Crippen LogP contribution < -0.4 is 14.8 Å². The van der Waals surface area contributed by atoms with Gasteiger partial charge >= 0.3 is 6.61 Å². The van der Waals surface area contributed by atoms with E-state index in [2.05, 4.69) is 10.1 Å². The molecule has 3 aromatic rings. The fraction of sp³-hybridized carbons (Fsp3) is 0.190. The van der Waals surface area contributed by atoms with Gasteiger partial charge in [-0.15, -0.1) is 0 Å². The van der Waals surface area contributed by atoms with E-state index in [1.807, 2.05) is 0 Å². The molecule has 10 heteroatoms. The molecule has 0 aliphatic heterocycles. The van der Waals surface area contributed by atoms with Crippen molar-refractivity contribution in [2.75, 3.05) is 5.32 Å². The summed E-state index contributed by atoms with van der Waals surface area (Å²) in [5, 5.41) is 13.5. The molecular weight excluding hydrogens is 414 g/mol. The van der Waals surface area contributed by atoms with E-state index in [0.717, 1.165) is 0 Å². The van der Waals surface area contributed by atoms with E-state index in [1.165, 1.54) is 36.4 Å². The first-order valence-electron chi connectivity index (χ1n) is 9.06. The van der Waals surface area contributed by atoms with Crippen LogP contribution in [0.2, 0.25) is 0 Å². The number of rotatable bonds is 8. The summed E-state index contributed by atoms with van der Waals surface area (Å²) < 4.78 is 39.9. The lowest BCUT2D eigenvalue weighted by atomic mass is 10.2. The van der Waals surface area contributed by atoms with Crippen molar-refractivity contribution >= 4 is 17.3 Å². The van der Waals surface area contributed by atoms with Crippen LogP contribution in [-0.2, 0) is 6.61 Å². The van der Waals surface area contributed by atoms with Crippen LogP contribution in [-0.4, -0.2) is 17.4 Å². The van der Waals surface area contributed by atoms with Crippen molar-refractivity contribution in [2.45, 2.75) is 27.1 Å². The number of benzene rings is 2. The van der Waals surface area contributed by atoms with Crippen molar-refractivity contribution in [1.29, 1.82) is 0 Å². The molecule has 3 rings (SSSR count). The number of carbonyl (C=O) groups excluding carboxylic acids is 1. The van der Waals surface area contributed by atoms with Gasteiger partial charge in [-0.25, -0.2) is 0 Å². The number of amides is 1. The minimum absolute atomic E-state index is 0.00611. The Morgan fingerprint density at radius 2 is 1.81 bits per heavy atom. The molecule has 1 N–H and O–H groups in total. The van der Waals surface area contributed by atoms with Gasteiger partial charge in [0.05, 0.1) is 4.92 Å². The summed E-state index contributed by atoms with van der Waals surface area (Å²) in [5.74, 6) is 0.295. The molecule has 0 aliphatic carbocycles. The molecule has 162 valence electrons. The van der Waals surface area contributed by atoms with Gasteiger partial charge in [-0.05, 0) is 61.9 Å². The lowest BCUT2D eigenvalue weighted by Crippen LogP contribution is -2.12.